The molecule has 208 valence electrons. The van der Waals surface area contributed by atoms with Gasteiger partial charge >= 0.3 is 0 Å². The van der Waals surface area contributed by atoms with Crippen molar-refractivity contribution in [2.45, 2.75) is 13.3 Å². The van der Waals surface area contributed by atoms with Crippen molar-refractivity contribution in [1.82, 2.24) is 20.4 Å². The number of hydrazone groups is 1. The van der Waals surface area contributed by atoms with Crippen LogP contribution in [0, 0.1) is 6.92 Å². The van der Waals surface area contributed by atoms with Crippen molar-refractivity contribution in [1.29, 1.82) is 0 Å². The average Bonchev–Trinajstić information content (AvgIpc) is 3.00. The number of H-pyrrole nitrogens is 1. The third-order valence-electron chi connectivity index (χ3n) is 6.33. The van der Waals surface area contributed by atoms with E-state index in [1.54, 1.807) is 67.6 Å². The molecule has 0 aliphatic heterocycles. The summed E-state index contributed by atoms with van der Waals surface area (Å²) >= 11 is 6.04. The highest BCUT2D eigenvalue weighted by Gasteiger charge is 2.19. The number of amides is 2. The molecule has 5 rings (SSSR count). The highest BCUT2D eigenvalue weighted by atomic mass is 35.5. The number of anilines is 1. The second-order valence-electron chi connectivity index (χ2n) is 9.27. The molecular formula is C31H23ClN6O4. The minimum Gasteiger partial charge on any atom is -0.321 e. The predicted molar refractivity (Wildman–Crippen MR) is 160 cm³/mol. The molecule has 3 aromatic carbocycles. The summed E-state index contributed by atoms with van der Waals surface area (Å²) in [7, 11) is 0. The molecule has 0 saturated carbocycles. The predicted octanol–water partition coefficient (Wildman–Crippen LogP) is 4.48. The number of benzene rings is 3. The number of aromatic nitrogens is 3. The SMILES string of the molecule is Cc1cc(Cl)ccc1NC(=O)/C(Cc1nc2ccc(C(=O)c3ccccc3)cc2[nH]c1=O)=N\NC(=O)c1ccncc1. The zero-order chi connectivity index (χ0) is 29.6. The summed E-state index contributed by atoms with van der Waals surface area (Å²) in [6.45, 7) is 1.77. The van der Waals surface area contributed by atoms with Crippen molar-refractivity contribution in [3.8, 4) is 0 Å². The number of hydrogen-bond acceptors (Lipinski definition) is 7. The molecule has 0 aliphatic carbocycles. The fraction of sp³-hybridized carbons (Fsp3) is 0.0645. The normalized spacial score (nSPS) is 11.2. The lowest BCUT2D eigenvalue weighted by Gasteiger charge is -2.11. The molecule has 0 bridgehead atoms. The summed E-state index contributed by atoms with van der Waals surface area (Å²) in [6, 6.07) is 21.5. The molecular weight excluding hydrogens is 556 g/mol. The van der Waals surface area contributed by atoms with Gasteiger partial charge in [0.15, 0.2) is 5.78 Å². The number of aryl methyl sites for hydroxylation is 1. The zero-order valence-electron chi connectivity index (χ0n) is 22.2. The molecule has 0 aliphatic rings. The van der Waals surface area contributed by atoms with Gasteiger partial charge in [-0.1, -0.05) is 41.9 Å². The largest absolute Gasteiger partial charge is 0.321 e. The van der Waals surface area contributed by atoms with Gasteiger partial charge < -0.3 is 10.3 Å². The van der Waals surface area contributed by atoms with Crippen LogP contribution in [0.5, 0.6) is 0 Å². The molecule has 5 aromatic rings. The maximum atomic E-state index is 13.3. The van der Waals surface area contributed by atoms with Gasteiger partial charge in [0.1, 0.15) is 11.4 Å². The molecule has 0 atom stereocenters. The molecule has 0 radical (unpaired) electrons. The van der Waals surface area contributed by atoms with Gasteiger partial charge in [0.25, 0.3) is 17.4 Å². The van der Waals surface area contributed by atoms with Crippen molar-refractivity contribution in [2.75, 3.05) is 5.32 Å². The van der Waals surface area contributed by atoms with E-state index in [-0.39, 0.29) is 29.2 Å². The monoisotopic (exact) mass is 578 g/mol. The Hall–Kier alpha value is -5.48. The Kier molecular flexibility index (Phi) is 8.26. The molecule has 11 heteroatoms. The van der Waals surface area contributed by atoms with E-state index in [1.165, 1.54) is 24.5 Å². The maximum absolute atomic E-state index is 13.3. The van der Waals surface area contributed by atoms with Gasteiger partial charge in [-0.05, 0) is 61.0 Å². The third kappa shape index (κ3) is 6.45. The number of nitrogens with zero attached hydrogens (tertiary/aromatic N) is 3. The lowest BCUT2D eigenvalue weighted by molar-refractivity contribution is -0.110. The molecule has 0 spiro atoms. The maximum Gasteiger partial charge on any atom is 0.272 e. The highest BCUT2D eigenvalue weighted by molar-refractivity contribution is 6.43. The van der Waals surface area contributed by atoms with Crippen LogP contribution in [0.15, 0.2) is 101 Å². The number of hydrogen-bond donors (Lipinski definition) is 3. The summed E-state index contributed by atoms with van der Waals surface area (Å²) in [6.07, 6.45) is 2.60. The Balaban J connectivity index is 1.45. The van der Waals surface area contributed by atoms with Gasteiger partial charge in [0.2, 0.25) is 0 Å². The lowest BCUT2D eigenvalue weighted by Crippen LogP contribution is -2.31. The molecule has 2 aromatic heterocycles. The highest BCUT2D eigenvalue weighted by Crippen LogP contribution is 2.20. The van der Waals surface area contributed by atoms with E-state index in [9.17, 15) is 19.2 Å². The first-order valence-electron chi connectivity index (χ1n) is 12.8. The summed E-state index contributed by atoms with van der Waals surface area (Å²) in [5, 5.41) is 7.30. The zero-order valence-corrected chi connectivity index (χ0v) is 23.0. The van der Waals surface area contributed by atoms with E-state index >= 15 is 0 Å². The Morgan fingerprint density at radius 3 is 2.40 bits per heavy atom. The van der Waals surface area contributed by atoms with Crippen LogP contribution in [-0.2, 0) is 11.2 Å². The quantitative estimate of drug-likeness (QED) is 0.141. The molecule has 0 saturated heterocycles. The standard InChI is InChI=1S/C31H23ClN6O4/c1-18-15-22(32)8-10-23(18)35-31(42)27(37-38-29(40)20-11-13-33-14-12-20)17-26-30(41)36-25-16-21(7-9-24(25)34-26)28(39)19-5-3-2-4-6-19/h2-16H,17H2,1H3,(H,35,42)(H,36,41)(H,38,40)/b37-27-. The van der Waals surface area contributed by atoms with E-state index in [2.05, 4.69) is 30.8 Å². The van der Waals surface area contributed by atoms with Crippen molar-refractivity contribution in [2.24, 2.45) is 5.10 Å². The van der Waals surface area contributed by atoms with Gasteiger partial charge in [-0.3, -0.25) is 24.2 Å². The number of rotatable bonds is 8. The number of carbonyl (C=O) groups is 3. The summed E-state index contributed by atoms with van der Waals surface area (Å²) in [5.41, 5.74) is 4.75. The van der Waals surface area contributed by atoms with E-state index in [0.717, 1.165) is 0 Å². The van der Waals surface area contributed by atoms with Crippen LogP contribution in [0.3, 0.4) is 0 Å². The Labute approximate surface area is 244 Å². The number of pyridine rings is 1. The van der Waals surface area contributed by atoms with E-state index < -0.39 is 17.4 Å². The van der Waals surface area contributed by atoms with Crippen molar-refractivity contribution >= 4 is 51.6 Å². The van der Waals surface area contributed by atoms with Gasteiger partial charge in [-0.2, -0.15) is 5.10 Å². The molecule has 2 heterocycles. The third-order valence-corrected chi connectivity index (χ3v) is 6.56. The Morgan fingerprint density at radius 1 is 0.905 bits per heavy atom. The Morgan fingerprint density at radius 2 is 1.67 bits per heavy atom. The number of ketones is 1. The molecule has 42 heavy (non-hydrogen) atoms. The van der Waals surface area contributed by atoms with Gasteiger partial charge in [-0.25, -0.2) is 10.4 Å². The average molecular weight is 579 g/mol. The molecule has 10 nitrogen and oxygen atoms in total. The van der Waals surface area contributed by atoms with Crippen LogP contribution in [0.2, 0.25) is 5.02 Å². The fourth-order valence-corrected chi connectivity index (χ4v) is 4.35. The minimum absolute atomic E-state index is 0.00970. The van der Waals surface area contributed by atoms with Crippen LogP contribution in [0.1, 0.15) is 37.5 Å². The van der Waals surface area contributed by atoms with Crippen LogP contribution in [0.4, 0.5) is 5.69 Å². The van der Waals surface area contributed by atoms with Crippen molar-refractivity contribution in [3.63, 3.8) is 0 Å². The molecule has 2 amide bonds. The summed E-state index contributed by atoms with van der Waals surface area (Å²) in [4.78, 5) is 62.9. The second-order valence-corrected chi connectivity index (χ2v) is 9.70. The number of aromatic amines is 1. The van der Waals surface area contributed by atoms with Crippen molar-refractivity contribution < 1.29 is 14.4 Å². The van der Waals surface area contributed by atoms with Gasteiger partial charge in [-0.15, -0.1) is 0 Å². The first kappa shape index (κ1) is 28.1. The van der Waals surface area contributed by atoms with Crippen molar-refractivity contribution in [3.05, 3.63) is 135 Å². The van der Waals surface area contributed by atoms with Gasteiger partial charge in [0, 0.05) is 46.2 Å². The molecule has 3 N–H and O–H groups in total. The van der Waals surface area contributed by atoms with Gasteiger partial charge in [0.05, 0.1) is 11.0 Å². The number of halogens is 1. The summed E-state index contributed by atoms with van der Waals surface area (Å²) < 4.78 is 0. The van der Waals surface area contributed by atoms with E-state index in [4.69, 9.17) is 11.6 Å². The Bertz CT molecular complexity index is 1910. The number of fused-ring (bicyclic) bond motifs is 1. The van der Waals surface area contributed by atoms with Crippen LogP contribution >= 0.6 is 11.6 Å². The van der Waals surface area contributed by atoms with Crippen LogP contribution in [-0.4, -0.2) is 38.3 Å². The smallest absolute Gasteiger partial charge is 0.272 e. The lowest BCUT2D eigenvalue weighted by atomic mass is 10.0. The number of nitrogens with one attached hydrogen (secondary N) is 3. The van der Waals surface area contributed by atoms with E-state index in [1.807, 2.05) is 6.07 Å². The minimum atomic E-state index is -0.652. The first-order valence-corrected chi connectivity index (χ1v) is 13.1. The number of carbonyl (C=O) groups excluding carboxylic acids is 3. The van der Waals surface area contributed by atoms with Crippen LogP contribution < -0.4 is 16.3 Å². The van der Waals surface area contributed by atoms with Crippen LogP contribution in [0.25, 0.3) is 11.0 Å². The van der Waals surface area contributed by atoms with E-state index in [0.29, 0.717) is 38.4 Å². The topological polar surface area (TPSA) is 146 Å². The molecule has 0 fully saturated rings. The second kappa shape index (κ2) is 12.4. The summed E-state index contributed by atoms with van der Waals surface area (Å²) in [5.74, 6) is -1.42. The fourth-order valence-electron chi connectivity index (χ4n) is 4.12. The molecule has 0 unspecified atom stereocenters. The first-order chi connectivity index (χ1) is 20.3.